The van der Waals surface area contributed by atoms with E-state index in [4.69, 9.17) is 14.2 Å². The normalized spacial score (nSPS) is 12.0. The van der Waals surface area contributed by atoms with E-state index in [1.807, 2.05) is 50.2 Å². The maximum absolute atomic E-state index is 12.7. The number of carbonyl (C=O) groups is 1. The highest BCUT2D eigenvalue weighted by molar-refractivity contribution is 6.05. The standard InChI is InChI=1S/C22H21N3O4/c1-14(2)29-19-6-4-3-5-18(19)25-22(26)15-9-17(12-23-11-15)24-16-7-8-20-21(10-16)28-13-27-20/h3-12,14,24H,13H2,1-2H3,(H,25,26). The zero-order chi connectivity index (χ0) is 20.2. The fourth-order valence-corrected chi connectivity index (χ4v) is 2.89. The Morgan fingerprint density at radius 2 is 1.86 bits per heavy atom. The minimum Gasteiger partial charge on any atom is -0.489 e. The molecule has 0 saturated carbocycles. The van der Waals surface area contributed by atoms with E-state index in [-0.39, 0.29) is 18.8 Å². The molecule has 0 saturated heterocycles. The number of hydrogen-bond acceptors (Lipinski definition) is 6. The monoisotopic (exact) mass is 391 g/mol. The van der Waals surface area contributed by atoms with Crippen LogP contribution in [0.3, 0.4) is 0 Å². The number of anilines is 3. The first-order chi connectivity index (χ1) is 14.1. The fourth-order valence-electron chi connectivity index (χ4n) is 2.89. The van der Waals surface area contributed by atoms with E-state index in [0.717, 1.165) is 5.69 Å². The zero-order valence-corrected chi connectivity index (χ0v) is 16.1. The Kier molecular flexibility index (Phi) is 5.20. The Hall–Kier alpha value is -3.74. The van der Waals surface area contributed by atoms with Crippen LogP contribution in [0.4, 0.5) is 17.1 Å². The first kappa shape index (κ1) is 18.6. The molecule has 7 nitrogen and oxygen atoms in total. The van der Waals surface area contributed by atoms with Crippen molar-refractivity contribution in [2.24, 2.45) is 0 Å². The molecule has 7 heteroatoms. The minimum atomic E-state index is -0.272. The van der Waals surface area contributed by atoms with Gasteiger partial charge >= 0.3 is 0 Å². The number of benzene rings is 2. The quantitative estimate of drug-likeness (QED) is 0.639. The number of pyridine rings is 1. The predicted octanol–water partition coefficient (Wildman–Crippen LogP) is 4.59. The van der Waals surface area contributed by atoms with Gasteiger partial charge in [-0.25, -0.2) is 0 Å². The van der Waals surface area contributed by atoms with Gasteiger partial charge in [0.1, 0.15) is 5.75 Å². The molecule has 0 spiro atoms. The molecule has 1 amide bonds. The van der Waals surface area contributed by atoms with E-state index in [1.54, 1.807) is 18.3 Å². The van der Waals surface area contributed by atoms with Crippen LogP contribution in [-0.2, 0) is 0 Å². The highest BCUT2D eigenvalue weighted by Gasteiger charge is 2.14. The van der Waals surface area contributed by atoms with Gasteiger partial charge in [-0.3, -0.25) is 9.78 Å². The van der Waals surface area contributed by atoms with E-state index < -0.39 is 0 Å². The van der Waals surface area contributed by atoms with Crippen LogP contribution in [0.25, 0.3) is 0 Å². The van der Waals surface area contributed by atoms with Crippen molar-refractivity contribution in [3.05, 3.63) is 66.5 Å². The van der Waals surface area contributed by atoms with Gasteiger partial charge < -0.3 is 24.8 Å². The third kappa shape index (κ3) is 4.40. The summed E-state index contributed by atoms with van der Waals surface area (Å²) in [5, 5.41) is 6.12. The SMILES string of the molecule is CC(C)Oc1ccccc1NC(=O)c1cncc(Nc2ccc3c(c2)OCO3)c1. The molecule has 0 fully saturated rings. The zero-order valence-electron chi connectivity index (χ0n) is 16.1. The van der Waals surface area contributed by atoms with Crippen molar-refractivity contribution in [3.8, 4) is 17.2 Å². The van der Waals surface area contributed by atoms with E-state index >= 15 is 0 Å². The number of carbonyl (C=O) groups excluding carboxylic acids is 1. The van der Waals surface area contributed by atoms with Crippen molar-refractivity contribution in [2.75, 3.05) is 17.4 Å². The molecule has 4 rings (SSSR count). The van der Waals surface area contributed by atoms with Crippen molar-refractivity contribution in [3.63, 3.8) is 0 Å². The lowest BCUT2D eigenvalue weighted by atomic mass is 10.2. The number of aromatic nitrogens is 1. The van der Waals surface area contributed by atoms with Crippen LogP contribution in [0.15, 0.2) is 60.9 Å². The molecule has 0 unspecified atom stereocenters. The molecule has 2 heterocycles. The maximum atomic E-state index is 12.7. The summed E-state index contributed by atoms with van der Waals surface area (Å²) in [5.41, 5.74) is 2.53. The minimum absolute atomic E-state index is 0.00365. The van der Waals surface area contributed by atoms with Crippen LogP contribution >= 0.6 is 0 Å². The van der Waals surface area contributed by atoms with Crippen molar-refractivity contribution in [2.45, 2.75) is 20.0 Å². The van der Waals surface area contributed by atoms with Gasteiger partial charge in [-0.05, 0) is 44.2 Å². The lowest BCUT2D eigenvalue weighted by Crippen LogP contribution is -2.15. The summed E-state index contributed by atoms with van der Waals surface area (Å²) in [6.45, 7) is 4.10. The first-order valence-electron chi connectivity index (χ1n) is 9.27. The summed E-state index contributed by atoms with van der Waals surface area (Å²) in [6, 6.07) is 14.6. The fraction of sp³-hybridized carbons (Fsp3) is 0.182. The molecule has 0 atom stereocenters. The number of hydrogen-bond donors (Lipinski definition) is 2. The van der Waals surface area contributed by atoms with Crippen molar-refractivity contribution < 1.29 is 19.0 Å². The average molecular weight is 391 g/mol. The molecule has 0 bridgehead atoms. The Morgan fingerprint density at radius 1 is 1.03 bits per heavy atom. The summed E-state index contributed by atoms with van der Waals surface area (Å²) >= 11 is 0. The molecular formula is C22H21N3O4. The van der Waals surface area contributed by atoms with Crippen LogP contribution in [0.1, 0.15) is 24.2 Å². The van der Waals surface area contributed by atoms with Crippen molar-refractivity contribution in [1.29, 1.82) is 0 Å². The summed E-state index contributed by atoms with van der Waals surface area (Å²) in [5.74, 6) is 1.74. The molecule has 3 aromatic rings. The van der Waals surface area contributed by atoms with E-state index in [0.29, 0.717) is 34.2 Å². The summed E-state index contributed by atoms with van der Waals surface area (Å²) < 4.78 is 16.5. The number of para-hydroxylation sites is 2. The number of nitrogens with one attached hydrogen (secondary N) is 2. The van der Waals surface area contributed by atoms with Gasteiger partial charge in [0.15, 0.2) is 11.5 Å². The van der Waals surface area contributed by atoms with Gasteiger partial charge in [0.25, 0.3) is 5.91 Å². The molecule has 29 heavy (non-hydrogen) atoms. The molecule has 0 aliphatic carbocycles. The lowest BCUT2D eigenvalue weighted by molar-refractivity contribution is 0.102. The molecule has 2 N–H and O–H groups in total. The van der Waals surface area contributed by atoms with Crippen molar-refractivity contribution in [1.82, 2.24) is 4.98 Å². The second-order valence-corrected chi connectivity index (χ2v) is 6.77. The van der Waals surface area contributed by atoms with Gasteiger partial charge in [-0.1, -0.05) is 12.1 Å². The lowest BCUT2D eigenvalue weighted by Gasteiger charge is -2.15. The Morgan fingerprint density at radius 3 is 2.72 bits per heavy atom. The van der Waals surface area contributed by atoms with Crippen LogP contribution in [0, 0.1) is 0 Å². The van der Waals surface area contributed by atoms with Crippen LogP contribution in [-0.4, -0.2) is 23.8 Å². The number of nitrogens with zero attached hydrogens (tertiary/aromatic N) is 1. The number of rotatable bonds is 6. The third-order valence-corrected chi connectivity index (χ3v) is 4.16. The van der Waals surface area contributed by atoms with Crippen LogP contribution in [0.2, 0.25) is 0 Å². The second-order valence-electron chi connectivity index (χ2n) is 6.77. The van der Waals surface area contributed by atoms with Crippen molar-refractivity contribution >= 4 is 23.0 Å². The van der Waals surface area contributed by atoms with E-state index in [1.165, 1.54) is 6.20 Å². The van der Waals surface area contributed by atoms with Gasteiger partial charge in [0.05, 0.1) is 29.2 Å². The van der Waals surface area contributed by atoms with Gasteiger partial charge in [0.2, 0.25) is 6.79 Å². The topological polar surface area (TPSA) is 81.7 Å². The molecule has 1 aliphatic heterocycles. The molecule has 1 aliphatic rings. The molecule has 148 valence electrons. The molecule has 2 aromatic carbocycles. The highest BCUT2D eigenvalue weighted by atomic mass is 16.7. The number of amides is 1. The van der Waals surface area contributed by atoms with Crippen LogP contribution in [0.5, 0.6) is 17.2 Å². The summed E-state index contributed by atoms with van der Waals surface area (Å²) in [4.78, 5) is 16.9. The van der Waals surface area contributed by atoms with Gasteiger partial charge in [-0.2, -0.15) is 0 Å². The molecular weight excluding hydrogens is 370 g/mol. The Balaban J connectivity index is 1.49. The van der Waals surface area contributed by atoms with Gasteiger partial charge in [0, 0.05) is 18.0 Å². The summed E-state index contributed by atoms with van der Waals surface area (Å²) in [7, 11) is 0. The average Bonchev–Trinajstić information content (AvgIpc) is 3.17. The Labute approximate surface area is 168 Å². The van der Waals surface area contributed by atoms with Crippen LogP contribution < -0.4 is 24.8 Å². The first-order valence-corrected chi connectivity index (χ1v) is 9.27. The summed E-state index contributed by atoms with van der Waals surface area (Å²) in [6.07, 6.45) is 3.17. The smallest absolute Gasteiger partial charge is 0.257 e. The predicted molar refractivity (Wildman–Crippen MR) is 110 cm³/mol. The Bertz CT molecular complexity index is 1040. The molecule has 0 radical (unpaired) electrons. The number of ether oxygens (including phenoxy) is 3. The second kappa shape index (κ2) is 8.10. The van der Waals surface area contributed by atoms with E-state index in [2.05, 4.69) is 15.6 Å². The van der Waals surface area contributed by atoms with E-state index in [9.17, 15) is 4.79 Å². The third-order valence-electron chi connectivity index (χ3n) is 4.16. The maximum Gasteiger partial charge on any atom is 0.257 e. The molecule has 1 aromatic heterocycles. The van der Waals surface area contributed by atoms with Gasteiger partial charge in [-0.15, -0.1) is 0 Å². The highest BCUT2D eigenvalue weighted by Crippen LogP contribution is 2.35. The number of fused-ring (bicyclic) bond motifs is 1. The largest absolute Gasteiger partial charge is 0.489 e.